The van der Waals surface area contributed by atoms with Crippen LogP contribution < -0.4 is 10.9 Å². The maximum atomic E-state index is 12.5. The predicted molar refractivity (Wildman–Crippen MR) is 98.7 cm³/mol. The maximum absolute atomic E-state index is 12.5. The molecule has 2 aromatic heterocycles. The number of hydrogen-bond acceptors (Lipinski definition) is 3. The summed E-state index contributed by atoms with van der Waals surface area (Å²) in [5.74, 6) is -0.341. The van der Waals surface area contributed by atoms with Crippen LogP contribution in [0.15, 0.2) is 59.5 Å². The smallest absolute Gasteiger partial charge is 0.264 e. The van der Waals surface area contributed by atoms with Crippen molar-refractivity contribution in [2.24, 2.45) is 7.05 Å². The zero-order valence-electron chi connectivity index (χ0n) is 14.4. The predicted octanol–water partition coefficient (Wildman–Crippen LogP) is 2.68. The molecule has 0 saturated heterocycles. The highest BCUT2D eigenvalue weighted by atomic mass is 16.2. The van der Waals surface area contributed by atoms with Crippen molar-refractivity contribution in [1.82, 2.24) is 14.9 Å². The first-order valence-electron chi connectivity index (χ1n) is 8.36. The summed E-state index contributed by atoms with van der Waals surface area (Å²) in [5, 5.41) is 3.70. The Morgan fingerprint density at radius 3 is 2.72 bits per heavy atom. The molecule has 3 rings (SSSR count). The summed E-state index contributed by atoms with van der Waals surface area (Å²) < 4.78 is 1.42. The van der Waals surface area contributed by atoms with Crippen LogP contribution in [0.25, 0.3) is 11.0 Å². The van der Waals surface area contributed by atoms with Gasteiger partial charge in [-0.05, 0) is 43.5 Å². The molecule has 5 heteroatoms. The fraction of sp³-hybridized carbons (Fsp3) is 0.250. The van der Waals surface area contributed by atoms with Crippen LogP contribution >= 0.6 is 0 Å². The van der Waals surface area contributed by atoms with Crippen LogP contribution in [0.1, 0.15) is 29.3 Å². The quantitative estimate of drug-likeness (QED) is 0.780. The van der Waals surface area contributed by atoms with Crippen LogP contribution in [-0.2, 0) is 13.5 Å². The van der Waals surface area contributed by atoms with E-state index in [0.717, 1.165) is 18.2 Å². The normalized spacial score (nSPS) is 12.1. The van der Waals surface area contributed by atoms with E-state index < -0.39 is 0 Å². The van der Waals surface area contributed by atoms with E-state index in [2.05, 4.69) is 22.4 Å². The standard InChI is InChI=1S/C20H21N3O2/c1-14(10-11-15-7-4-3-5-8-15)22-19(24)17-13-16-9-6-12-21-18(16)23(2)20(17)25/h3-9,12-14H,10-11H2,1-2H3,(H,22,24)/t14-/m0/s1. The Morgan fingerprint density at radius 1 is 1.20 bits per heavy atom. The minimum Gasteiger partial charge on any atom is -0.349 e. The highest BCUT2D eigenvalue weighted by Crippen LogP contribution is 2.10. The van der Waals surface area contributed by atoms with Gasteiger partial charge < -0.3 is 5.32 Å². The minimum absolute atomic E-state index is 0.0259. The molecule has 5 nitrogen and oxygen atoms in total. The van der Waals surface area contributed by atoms with E-state index in [1.807, 2.05) is 31.2 Å². The Morgan fingerprint density at radius 2 is 1.96 bits per heavy atom. The third-order valence-corrected chi connectivity index (χ3v) is 4.30. The molecule has 0 saturated carbocycles. The molecule has 1 N–H and O–H groups in total. The lowest BCUT2D eigenvalue weighted by molar-refractivity contribution is 0.0936. The summed E-state index contributed by atoms with van der Waals surface area (Å²) in [4.78, 5) is 29.2. The summed E-state index contributed by atoms with van der Waals surface area (Å²) in [6.45, 7) is 1.95. The molecule has 0 radical (unpaired) electrons. The van der Waals surface area contributed by atoms with Crippen molar-refractivity contribution >= 4 is 16.9 Å². The third kappa shape index (κ3) is 3.76. The van der Waals surface area contributed by atoms with Gasteiger partial charge in [-0.3, -0.25) is 14.2 Å². The summed E-state index contributed by atoms with van der Waals surface area (Å²) >= 11 is 0. The minimum atomic E-state index is -0.341. The van der Waals surface area contributed by atoms with Crippen LogP contribution in [0.2, 0.25) is 0 Å². The number of carbonyl (C=O) groups excluding carboxylic acids is 1. The Balaban J connectivity index is 1.73. The number of hydrogen-bond donors (Lipinski definition) is 1. The SMILES string of the molecule is C[C@@H](CCc1ccccc1)NC(=O)c1cc2cccnc2n(C)c1=O. The molecule has 1 aromatic carbocycles. The zero-order valence-corrected chi connectivity index (χ0v) is 14.4. The van der Waals surface area contributed by atoms with Gasteiger partial charge in [-0.15, -0.1) is 0 Å². The van der Waals surface area contributed by atoms with Crippen LogP contribution in [0.3, 0.4) is 0 Å². The topological polar surface area (TPSA) is 64.0 Å². The summed E-state index contributed by atoms with van der Waals surface area (Å²) in [7, 11) is 1.63. The van der Waals surface area contributed by atoms with Crippen molar-refractivity contribution in [3.63, 3.8) is 0 Å². The molecule has 0 unspecified atom stereocenters. The van der Waals surface area contributed by atoms with Gasteiger partial charge in [0.25, 0.3) is 11.5 Å². The number of aromatic nitrogens is 2. The van der Waals surface area contributed by atoms with Crippen LogP contribution in [0.4, 0.5) is 0 Å². The fourth-order valence-electron chi connectivity index (χ4n) is 2.86. The fourth-order valence-corrected chi connectivity index (χ4v) is 2.86. The molecule has 0 aliphatic heterocycles. The van der Waals surface area contributed by atoms with Gasteiger partial charge in [0.15, 0.2) is 0 Å². The first kappa shape index (κ1) is 16.9. The highest BCUT2D eigenvalue weighted by Gasteiger charge is 2.16. The van der Waals surface area contributed by atoms with E-state index in [1.165, 1.54) is 10.1 Å². The molecule has 0 aliphatic rings. The monoisotopic (exact) mass is 335 g/mol. The van der Waals surface area contributed by atoms with Gasteiger partial charge in [-0.25, -0.2) is 4.98 Å². The Hall–Kier alpha value is -2.95. The van der Waals surface area contributed by atoms with E-state index in [-0.39, 0.29) is 23.1 Å². The van der Waals surface area contributed by atoms with Gasteiger partial charge in [-0.2, -0.15) is 0 Å². The number of aryl methyl sites for hydroxylation is 2. The summed E-state index contributed by atoms with van der Waals surface area (Å²) in [6.07, 6.45) is 3.32. The first-order valence-corrected chi connectivity index (χ1v) is 8.36. The third-order valence-electron chi connectivity index (χ3n) is 4.30. The molecule has 1 amide bonds. The number of amides is 1. The molecule has 2 heterocycles. The molecular formula is C20H21N3O2. The second kappa shape index (κ2) is 7.30. The molecule has 0 fully saturated rings. The van der Waals surface area contributed by atoms with Crippen molar-refractivity contribution in [3.05, 3.63) is 76.2 Å². The molecule has 1 atom stereocenters. The Kier molecular flexibility index (Phi) is 4.93. The van der Waals surface area contributed by atoms with Gasteiger partial charge in [0.2, 0.25) is 0 Å². The van der Waals surface area contributed by atoms with E-state index in [1.54, 1.807) is 25.4 Å². The van der Waals surface area contributed by atoms with Crippen LogP contribution in [0, 0.1) is 0 Å². The van der Waals surface area contributed by atoms with Crippen molar-refractivity contribution < 1.29 is 4.79 Å². The molecule has 3 aromatic rings. The Bertz CT molecular complexity index is 948. The molecule has 0 bridgehead atoms. The lowest BCUT2D eigenvalue weighted by Gasteiger charge is -2.14. The van der Waals surface area contributed by atoms with Crippen molar-refractivity contribution in [3.8, 4) is 0 Å². The van der Waals surface area contributed by atoms with Crippen molar-refractivity contribution in [2.75, 3.05) is 0 Å². The van der Waals surface area contributed by atoms with E-state index in [4.69, 9.17) is 0 Å². The van der Waals surface area contributed by atoms with Crippen LogP contribution in [0.5, 0.6) is 0 Å². The van der Waals surface area contributed by atoms with E-state index in [9.17, 15) is 9.59 Å². The Labute approximate surface area is 146 Å². The molecular weight excluding hydrogens is 314 g/mol. The lowest BCUT2D eigenvalue weighted by atomic mass is 10.1. The number of pyridine rings is 2. The number of rotatable bonds is 5. The van der Waals surface area contributed by atoms with Crippen molar-refractivity contribution in [2.45, 2.75) is 25.8 Å². The average Bonchev–Trinajstić information content (AvgIpc) is 2.64. The number of fused-ring (bicyclic) bond motifs is 1. The number of benzene rings is 1. The second-order valence-corrected chi connectivity index (χ2v) is 6.24. The maximum Gasteiger partial charge on any atom is 0.264 e. The van der Waals surface area contributed by atoms with Gasteiger partial charge in [0.1, 0.15) is 11.2 Å². The van der Waals surface area contributed by atoms with Gasteiger partial charge in [0, 0.05) is 24.7 Å². The number of nitrogens with zero attached hydrogens (tertiary/aromatic N) is 2. The second-order valence-electron chi connectivity index (χ2n) is 6.24. The molecule has 25 heavy (non-hydrogen) atoms. The van der Waals surface area contributed by atoms with E-state index in [0.29, 0.717) is 5.65 Å². The average molecular weight is 335 g/mol. The summed E-state index contributed by atoms with van der Waals surface area (Å²) in [6, 6.07) is 15.4. The van der Waals surface area contributed by atoms with Crippen molar-refractivity contribution in [1.29, 1.82) is 0 Å². The van der Waals surface area contributed by atoms with Gasteiger partial charge >= 0.3 is 0 Å². The first-order chi connectivity index (χ1) is 12.1. The molecule has 128 valence electrons. The largest absolute Gasteiger partial charge is 0.349 e. The van der Waals surface area contributed by atoms with E-state index >= 15 is 0 Å². The lowest BCUT2D eigenvalue weighted by Crippen LogP contribution is -2.37. The molecule has 0 aliphatic carbocycles. The number of carbonyl (C=O) groups is 1. The zero-order chi connectivity index (χ0) is 17.8. The van der Waals surface area contributed by atoms with Crippen LogP contribution in [-0.4, -0.2) is 21.5 Å². The highest BCUT2D eigenvalue weighted by molar-refractivity contribution is 5.97. The van der Waals surface area contributed by atoms with Gasteiger partial charge in [-0.1, -0.05) is 30.3 Å². The number of nitrogens with one attached hydrogen (secondary N) is 1. The molecule has 0 spiro atoms. The summed E-state index contributed by atoms with van der Waals surface area (Å²) in [5.41, 5.74) is 1.62. The van der Waals surface area contributed by atoms with Gasteiger partial charge in [0.05, 0.1) is 0 Å².